The number of carboxylic acids is 1. The lowest BCUT2D eigenvalue weighted by Crippen LogP contribution is -2.60. The van der Waals surface area contributed by atoms with Crippen molar-refractivity contribution in [2.75, 3.05) is 13.3 Å². The zero-order valence-corrected chi connectivity index (χ0v) is 23.9. The Labute approximate surface area is 216 Å². The molecule has 0 aliphatic carbocycles. The van der Waals surface area contributed by atoms with Crippen LogP contribution in [0.1, 0.15) is 61.0 Å². The monoisotopic (exact) mass is 522 g/mol. The molecule has 1 rings (SSSR count). The molecule has 0 heterocycles. The summed E-state index contributed by atoms with van der Waals surface area (Å²) in [6.07, 6.45) is 2.54. The number of nitrogens with one attached hydrogen (secondary N) is 1. The summed E-state index contributed by atoms with van der Waals surface area (Å²) < 4.78 is 25.8. The highest BCUT2D eigenvalue weighted by Gasteiger charge is 2.46. The summed E-state index contributed by atoms with van der Waals surface area (Å²) in [6, 6.07) is 7.33. The number of likely N-dealkylation sites (N-methyl/N-ethyl adjacent to an activating group) is 1. The molecule has 1 aromatic carbocycles. The van der Waals surface area contributed by atoms with Crippen LogP contribution in [0.3, 0.4) is 0 Å². The maximum Gasteiger partial charge on any atom is 0.331 e. The molecule has 0 bridgehead atoms. The van der Waals surface area contributed by atoms with Crippen molar-refractivity contribution in [3.63, 3.8) is 0 Å². The van der Waals surface area contributed by atoms with Gasteiger partial charge in [0.15, 0.2) is 9.84 Å². The summed E-state index contributed by atoms with van der Waals surface area (Å²) in [5, 5.41) is 10.6. The minimum atomic E-state index is -3.87. The van der Waals surface area contributed by atoms with Crippen LogP contribution in [0, 0.1) is 11.3 Å². The summed E-state index contributed by atoms with van der Waals surface area (Å²) >= 11 is 0. The van der Waals surface area contributed by atoms with Gasteiger partial charge in [0.2, 0.25) is 11.8 Å². The van der Waals surface area contributed by atoms with Crippen molar-refractivity contribution in [3.05, 3.63) is 47.5 Å². The SMILES string of the molecule is C/C(=C\[C@H](C(C)C)N(C)C(=O)[C@@H](NC(=O)[C@@H](C(C)(C)c1ccccc1)S(C)(=O)=O)C(C)(C)C)C(=O)O. The topological polar surface area (TPSA) is 121 Å². The van der Waals surface area contributed by atoms with Crippen LogP contribution in [0.4, 0.5) is 0 Å². The molecule has 3 atom stereocenters. The normalized spacial score (nSPS) is 15.7. The van der Waals surface area contributed by atoms with Gasteiger partial charge in [-0.25, -0.2) is 13.2 Å². The van der Waals surface area contributed by atoms with Gasteiger partial charge < -0.3 is 15.3 Å². The second-order valence-corrected chi connectivity index (χ2v) is 13.6. The molecule has 0 spiro atoms. The van der Waals surface area contributed by atoms with Crippen molar-refractivity contribution in [2.24, 2.45) is 11.3 Å². The summed E-state index contributed by atoms with van der Waals surface area (Å²) in [5.74, 6) is -2.38. The van der Waals surface area contributed by atoms with E-state index in [1.807, 2.05) is 19.9 Å². The molecule has 0 aliphatic heterocycles. The van der Waals surface area contributed by atoms with E-state index in [1.54, 1.807) is 65.9 Å². The Kier molecular flexibility index (Phi) is 10.1. The first-order chi connectivity index (χ1) is 16.2. The van der Waals surface area contributed by atoms with Crippen LogP contribution in [0.5, 0.6) is 0 Å². The van der Waals surface area contributed by atoms with Crippen LogP contribution in [0.2, 0.25) is 0 Å². The van der Waals surface area contributed by atoms with E-state index in [9.17, 15) is 27.9 Å². The number of carbonyl (C=O) groups is 3. The molecule has 0 aliphatic rings. The van der Waals surface area contributed by atoms with Crippen LogP contribution in [-0.2, 0) is 29.6 Å². The van der Waals surface area contributed by atoms with Gasteiger partial charge >= 0.3 is 5.97 Å². The van der Waals surface area contributed by atoms with Crippen molar-refractivity contribution < 1.29 is 27.9 Å². The zero-order chi connectivity index (χ0) is 28.2. The van der Waals surface area contributed by atoms with Crippen LogP contribution in [0.25, 0.3) is 0 Å². The van der Waals surface area contributed by atoms with Crippen LogP contribution in [-0.4, -0.2) is 66.8 Å². The molecule has 202 valence electrons. The number of benzene rings is 1. The van der Waals surface area contributed by atoms with E-state index in [0.29, 0.717) is 5.56 Å². The van der Waals surface area contributed by atoms with E-state index in [-0.39, 0.29) is 11.5 Å². The molecule has 36 heavy (non-hydrogen) atoms. The van der Waals surface area contributed by atoms with E-state index < -0.39 is 55.8 Å². The maximum absolute atomic E-state index is 13.7. The van der Waals surface area contributed by atoms with Gasteiger partial charge in [0.05, 0.1) is 6.04 Å². The third-order valence-corrected chi connectivity index (χ3v) is 8.13. The Bertz CT molecular complexity index is 1090. The predicted octanol–water partition coefficient (Wildman–Crippen LogP) is 3.42. The maximum atomic E-state index is 13.7. The fourth-order valence-electron chi connectivity index (χ4n) is 4.37. The molecule has 0 fully saturated rings. The first-order valence-corrected chi connectivity index (χ1v) is 13.9. The van der Waals surface area contributed by atoms with Crippen molar-refractivity contribution >= 4 is 27.6 Å². The molecule has 0 unspecified atom stereocenters. The lowest BCUT2D eigenvalue weighted by Gasteiger charge is -2.39. The number of carbonyl (C=O) groups excluding carboxylic acids is 2. The molecular formula is C27H42N2O6S. The number of rotatable bonds is 10. The highest BCUT2D eigenvalue weighted by Crippen LogP contribution is 2.32. The van der Waals surface area contributed by atoms with Gasteiger partial charge in [0.25, 0.3) is 0 Å². The standard InChI is InChI=1S/C27H42N2O6S/c1-17(2)20(16-18(3)25(32)33)29(9)24(31)21(26(4,5)6)28-23(30)22(36(10,34)35)27(7,8)19-14-12-11-13-15-19/h11-17,20-22H,1-10H3,(H,28,30)(H,32,33)/b18-16+/t20-,21-,22+/m1/s1. The molecule has 2 N–H and O–H groups in total. The van der Waals surface area contributed by atoms with Crippen LogP contribution >= 0.6 is 0 Å². The summed E-state index contributed by atoms with van der Waals surface area (Å²) in [5.41, 5.74) is -1.04. The predicted molar refractivity (Wildman–Crippen MR) is 142 cm³/mol. The van der Waals surface area contributed by atoms with Crippen molar-refractivity contribution in [1.82, 2.24) is 10.2 Å². The Morgan fingerprint density at radius 1 is 1.03 bits per heavy atom. The Hall–Kier alpha value is -2.68. The minimum absolute atomic E-state index is 0.103. The third-order valence-electron chi connectivity index (χ3n) is 6.48. The fraction of sp³-hybridized carbons (Fsp3) is 0.593. The van der Waals surface area contributed by atoms with Gasteiger partial charge in [-0.05, 0) is 23.8 Å². The van der Waals surface area contributed by atoms with Crippen LogP contribution < -0.4 is 5.32 Å². The lowest BCUT2D eigenvalue weighted by atomic mass is 9.80. The molecule has 9 heteroatoms. The van der Waals surface area contributed by atoms with Crippen molar-refractivity contribution in [1.29, 1.82) is 0 Å². The smallest absolute Gasteiger partial charge is 0.331 e. The number of amides is 2. The first-order valence-electron chi connectivity index (χ1n) is 12.0. The number of nitrogens with zero attached hydrogens (tertiary/aromatic N) is 1. The summed E-state index contributed by atoms with van der Waals surface area (Å²) in [4.78, 5) is 40.1. The minimum Gasteiger partial charge on any atom is -0.478 e. The van der Waals surface area contributed by atoms with E-state index in [1.165, 1.54) is 17.9 Å². The second-order valence-electron chi connectivity index (χ2n) is 11.4. The van der Waals surface area contributed by atoms with Gasteiger partial charge in [-0.3, -0.25) is 9.59 Å². The molecule has 2 amide bonds. The number of hydrogen-bond acceptors (Lipinski definition) is 5. The highest BCUT2D eigenvalue weighted by molar-refractivity contribution is 7.92. The second kappa shape index (κ2) is 11.6. The highest BCUT2D eigenvalue weighted by atomic mass is 32.2. The first kappa shape index (κ1) is 31.4. The number of sulfone groups is 1. The molecule has 0 saturated heterocycles. The molecule has 0 radical (unpaired) electrons. The molecule has 0 saturated carbocycles. The summed E-state index contributed by atoms with van der Waals surface area (Å²) in [6.45, 7) is 13.9. The average Bonchev–Trinajstić information content (AvgIpc) is 2.73. The number of carboxylic acid groups (broad SMARTS) is 1. The number of hydrogen-bond donors (Lipinski definition) is 2. The molecule has 0 aromatic heterocycles. The van der Waals surface area contributed by atoms with E-state index in [4.69, 9.17) is 0 Å². The fourth-order valence-corrected chi connectivity index (χ4v) is 6.04. The molecule has 1 aromatic rings. The van der Waals surface area contributed by atoms with Gasteiger partial charge in [-0.15, -0.1) is 0 Å². The zero-order valence-electron chi connectivity index (χ0n) is 23.1. The van der Waals surface area contributed by atoms with Crippen molar-refractivity contribution in [3.8, 4) is 0 Å². The summed E-state index contributed by atoms with van der Waals surface area (Å²) in [7, 11) is -2.31. The largest absolute Gasteiger partial charge is 0.478 e. The van der Waals surface area contributed by atoms with Crippen LogP contribution in [0.15, 0.2) is 42.0 Å². The van der Waals surface area contributed by atoms with Gasteiger partial charge in [0.1, 0.15) is 11.3 Å². The van der Waals surface area contributed by atoms with E-state index in [0.717, 1.165) is 6.26 Å². The van der Waals surface area contributed by atoms with E-state index >= 15 is 0 Å². The van der Waals surface area contributed by atoms with Gasteiger partial charge in [-0.2, -0.15) is 0 Å². The lowest BCUT2D eigenvalue weighted by molar-refractivity contribution is -0.140. The van der Waals surface area contributed by atoms with E-state index in [2.05, 4.69) is 5.32 Å². The quantitative estimate of drug-likeness (QED) is 0.454. The Morgan fingerprint density at radius 2 is 1.53 bits per heavy atom. The number of aliphatic carboxylic acids is 1. The van der Waals surface area contributed by atoms with Gasteiger partial charge in [-0.1, -0.05) is 84.9 Å². The third kappa shape index (κ3) is 7.66. The Balaban J connectivity index is 3.47. The van der Waals surface area contributed by atoms with Gasteiger partial charge in [0, 0.05) is 24.3 Å². The molecular weight excluding hydrogens is 480 g/mol. The van der Waals surface area contributed by atoms with Crippen molar-refractivity contribution in [2.45, 2.75) is 78.1 Å². The molecule has 8 nitrogen and oxygen atoms in total. The average molecular weight is 523 g/mol. The Morgan fingerprint density at radius 3 is 1.92 bits per heavy atom.